The Morgan fingerprint density at radius 2 is 1.77 bits per heavy atom. The summed E-state index contributed by atoms with van der Waals surface area (Å²) in [6.07, 6.45) is 3.46. The molecule has 1 amide bonds. The zero-order chi connectivity index (χ0) is 17.9. The van der Waals surface area contributed by atoms with Gasteiger partial charge in [-0.3, -0.25) is 4.79 Å². The number of fused-ring (bicyclic) bond motifs is 1. The van der Waals surface area contributed by atoms with Crippen LogP contribution in [0.2, 0.25) is 0 Å². The number of amides is 1. The van der Waals surface area contributed by atoms with Crippen molar-refractivity contribution in [3.8, 4) is 17.2 Å². The van der Waals surface area contributed by atoms with E-state index in [0.717, 1.165) is 48.3 Å². The second-order valence-corrected chi connectivity index (χ2v) is 7.16. The molecule has 4 heteroatoms. The zero-order valence-corrected chi connectivity index (χ0v) is 14.9. The minimum Gasteiger partial charge on any atom is -0.337 e. The van der Waals surface area contributed by atoms with Crippen LogP contribution in [-0.2, 0) is 6.42 Å². The lowest BCUT2D eigenvalue weighted by molar-refractivity contribution is 0.0724. The maximum absolute atomic E-state index is 12.8. The van der Waals surface area contributed by atoms with Gasteiger partial charge < -0.3 is 9.80 Å². The maximum atomic E-state index is 12.8. The van der Waals surface area contributed by atoms with Crippen LogP contribution in [0.5, 0.6) is 0 Å². The number of nitrogens with zero attached hydrogens (tertiary/aromatic N) is 3. The Morgan fingerprint density at radius 3 is 2.58 bits per heavy atom. The van der Waals surface area contributed by atoms with Crippen molar-refractivity contribution in [2.45, 2.75) is 19.3 Å². The Labute approximate surface area is 154 Å². The lowest BCUT2D eigenvalue weighted by Crippen LogP contribution is -2.42. The number of hydrogen-bond acceptors (Lipinski definition) is 3. The van der Waals surface area contributed by atoms with E-state index in [1.807, 2.05) is 41.3 Å². The molecule has 2 aromatic rings. The van der Waals surface area contributed by atoms with Crippen LogP contribution in [0.25, 0.3) is 11.1 Å². The van der Waals surface area contributed by atoms with Crippen LogP contribution >= 0.6 is 0 Å². The topological polar surface area (TPSA) is 47.3 Å². The van der Waals surface area contributed by atoms with Crippen LogP contribution in [0, 0.1) is 11.3 Å². The van der Waals surface area contributed by atoms with Gasteiger partial charge in [0.05, 0.1) is 11.6 Å². The number of carbonyl (C=O) groups is 1. The molecular weight excluding hydrogens is 322 g/mol. The number of carbonyl (C=O) groups excluding carboxylic acids is 1. The molecule has 1 saturated heterocycles. The van der Waals surface area contributed by atoms with Crippen LogP contribution in [-0.4, -0.2) is 48.4 Å². The largest absolute Gasteiger partial charge is 0.337 e. The molecule has 2 aliphatic heterocycles. The molecule has 0 bridgehead atoms. The minimum atomic E-state index is 0.155. The lowest BCUT2D eigenvalue weighted by Gasteiger charge is -2.30. The van der Waals surface area contributed by atoms with E-state index >= 15 is 0 Å². The van der Waals surface area contributed by atoms with Gasteiger partial charge in [0, 0.05) is 25.2 Å². The van der Waals surface area contributed by atoms with Crippen molar-refractivity contribution in [2.24, 2.45) is 0 Å². The van der Waals surface area contributed by atoms with Crippen LogP contribution in [0.3, 0.4) is 0 Å². The van der Waals surface area contributed by atoms with Gasteiger partial charge in [-0.1, -0.05) is 24.3 Å². The summed E-state index contributed by atoms with van der Waals surface area (Å²) in [4.78, 5) is 17.3. The number of hydrogen-bond donors (Lipinski definition) is 0. The predicted octanol–water partition coefficient (Wildman–Crippen LogP) is 3.32. The number of benzene rings is 2. The highest BCUT2D eigenvalue weighted by atomic mass is 16.2. The van der Waals surface area contributed by atoms with Gasteiger partial charge >= 0.3 is 0 Å². The lowest BCUT2D eigenvalue weighted by atomic mass is 9.93. The minimum absolute atomic E-state index is 0.155. The zero-order valence-electron chi connectivity index (χ0n) is 14.9. The Bertz CT molecular complexity index is 862. The second kappa shape index (κ2) is 7.31. The molecule has 0 unspecified atom stereocenters. The van der Waals surface area contributed by atoms with E-state index in [1.165, 1.54) is 25.9 Å². The fourth-order valence-corrected chi connectivity index (χ4v) is 3.97. The van der Waals surface area contributed by atoms with Crippen molar-refractivity contribution in [3.05, 3.63) is 59.2 Å². The third-order valence-corrected chi connectivity index (χ3v) is 5.48. The monoisotopic (exact) mass is 345 g/mol. The van der Waals surface area contributed by atoms with Gasteiger partial charge in [-0.15, -0.1) is 0 Å². The Balaban J connectivity index is 1.51. The summed E-state index contributed by atoms with van der Waals surface area (Å²) in [5.41, 5.74) is 4.70. The van der Waals surface area contributed by atoms with Gasteiger partial charge in [0.25, 0.3) is 5.91 Å². The summed E-state index contributed by atoms with van der Waals surface area (Å²) in [6, 6.07) is 15.9. The summed E-state index contributed by atoms with van der Waals surface area (Å²) in [6.45, 7) is 4.94. The van der Waals surface area contributed by atoms with E-state index in [9.17, 15) is 4.79 Å². The first-order valence-electron chi connectivity index (χ1n) is 9.40. The normalized spacial score (nSPS) is 17.2. The van der Waals surface area contributed by atoms with Gasteiger partial charge in [0.15, 0.2) is 0 Å². The molecule has 0 atom stereocenters. The van der Waals surface area contributed by atoms with E-state index in [2.05, 4.69) is 17.0 Å². The standard InChI is InChI=1S/C22H23N3O/c23-16-17-4-3-5-18(14-17)19-6-7-21-20(15-19)8-11-25(22(21)26)13-12-24-9-1-2-10-24/h3-7,14-15H,1-2,8-13H2. The number of rotatable bonds is 4. The first-order chi connectivity index (χ1) is 12.7. The molecule has 1 fully saturated rings. The highest BCUT2D eigenvalue weighted by molar-refractivity contribution is 5.97. The fourth-order valence-electron chi connectivity index (χ4n) is 3.97. The maximum Gasteiger partial charge on any atom is 0.254 e. The molecule has 4 nitrogen and oxygen atoms in total. The Hall–Kier alpha value is -2.64. The van der Waals surface area contributed by atoms with Crippen LogP contribution in [0.1, 0.15) is 34.3 Å². The molecule has 0 spiro atoms. The number of nitriles is 1. The average molecular weight is 345 g/mol. The highest BCUT2D eigenvalue weighted by Gasteiger charge is 2.25. The second-order valence-electron chi connectivity index (χ2n) is 7.16. The third kappa shape index (κ3) is 3.36. The van der Waals surface area contributed by atoms with Crippen molar-refractivity contribution >= 4 is 5.91 Å². The van der Waals surface area contributed by atoms with Crippen molar-refractivity contribution < 1.29 is 4.79 Å². The smallest absolute Gasteiger partial charge is 0.254 e. The van der Waals surface area contributed by atoms with E-state index in [4.69, 9.17) is 5.26 Å². The Kier molecular flexibility index (Phi) is 4.73. The van der Waals surface area contributed by atoms with Crippen molar-refractivity contribution in [1.82, 2.24) is 9.80 Å². The highest BCUT2D eigenvalue weighted by Crippen LogP contribution is 2.27. The van der Waals surface area contributed by atoms with Crippen molar-refractivity contribution in [3.63, 3.8) is 0 Å². The molecule has 0 N–H and O–H groups in total. The Morgan fingerprint density at radius 1 is 0.962 bits per heavy atom. The first-order valence-corrected chi connectivity index (χ1v) is 9.40. The molecule has 0 saturated carbocycles. The predicted molar refractivity (Wildman–Crippen MR) is 102 cm³/mol. The molecule has 26 heavy (non-hydrogen) atoms. The average Bonchev–Trinajstić information content (AvgIpc) is 3.21. The van der Waals surface area contributed by atoms with Crippen molar-refractivity contribution in [1.29, 1.82) is 5.26 Å². The SMILES string of the molecule is N#Cc1cccc(-c2ccc3c(c2)CCN(CCN2CCCC2)C3=O)c1. The molecule has 2 aromatic carbocycles. The van der Waals surface area contributed by atoms with Gasteiger partial charge in [-0.2, -0.15) is 5.26 Å². The summed E-state index contributed by atoms with van der Waals surface area (Å²) >= 11 is 0. The van der Waals surface area contributed by atoms with Gasteiger partial charge in [-0.05, 0) is 67.2 Å². The van der Waals surface area contributed by atoms with Gasteiger partial charge in [0.2, 0.25) is 0 Å². The summed E-state index contributed by atoms with van der Waals surface area (Å²) in [5, 5.41) is 9.09. The van der Waals surface area contributed by atoms with Crippen molar-refractivity contribution in [2.75, 3.05) is 32.7 Å². The number of likely N-dealkylation sites (tertiary alicyclic amines) is 1. The third-order valence-electron chi connectivity index (χ3n) is 5.48. The summed E-state index contributed by atoms with van der Waals surface area (Å²) in [7, 11) is 0. The summed E-state index contributed by atoms with van der Waals surface area (Å²) < 4.78 is 0. The molecule has 0 aliphatic carbocycles. The van der Waals surface area contributed by atoms with E-state index in [0.29, 0.717) is 5.56 Å². The van der Waals surface area contributed by atoms with Crippen LogP contribution < -0.4 is 0 Å². The van der Waals surface area contributed by atoms with E-state index in [-0.39, 0.29) is 5.91 Å². The van der Waals surface area contributed by atoms with Crippen LogP contribution in [0.15, 0.2) is 42.5 Å². The van der Waals surface area contributed by atoms with Gasteiger partial charge in [-0.25, -0.2) is 0 Å². The first kappa shape index (κ1) is 16.8. The van der Waals surface area contributed by atoms with Gasteiger partial charge in [0.1, 0.15) is 0 Å². The van der Waals surface area contributed by atoms with E-state index in [1.54, 1.807) is 0 Å². The molecule has 4 rings (SSSR count). The molecule has 2 aliphatic rings. The molecule has 132 valence electrons. The fraction of sp³-hybridized carbons (Fsp3) is 0.364. The van der Waals surface area contributed by atoms with E-state index < -0.39 is 0 Å². The molecule has 0 radical (unpaired) electrons. The quantitative estimate of drug-likeness (QED) is 0.854. The molecular formula is C22H23N3O. The molecule has 2 heterocycles. The summed E-state index contributed by atoms with van der Waals surface area (Å²) in [5.74, 6) is 0.155. The van der Waals surface area contributed by atoms with Crippen LogP contribution in [0.4, 0.5) is 0 Å². The molecule has 0 aromatic heterocycles.